The van der Waals surface area contributed by atoms with E-state index in [0.29, 0.717) is 6.04 Å². The summed E-state index contributed by atoms with van der Waals surface area (Å²) >= 11 is 2.20. The summed E-state index contributed by atoms with van der Waals surface area (Å²) in [6.07, 6.45) is 2.39. The van der Waals surface area contributed by atoms with Crippen LogP contribution in [-0.4, -0.2) is 6.54 Å². The second-order valence-electron chi connectivity index (χ2n) is 3.31. The van der Waals surface area contributed by atoms with Gasteiger partial charge in [-0.1, -0.05) is 6.07 Å². The van der Waals surface area contributed by atoms with E-state index in [1.807, 2.05) is 6.07 Å². The van der Waals surface area contributed by atoms with Gasteiger partial charge in [0.1, 0.15) is 5.82 Å². The number of benzene rings is 1. The van der Waals surface area contributed by atoms with E-state index < -0.39 is 0 Å². The highest BCUT2D eigenvalue weighted by Crippen LogP contribution is 2.27. The molecule has 1 N–H and O–H groups in total. The third-order valence-electron chi connectivity index (χ3n) is 2.40. The second-order valence-corrected chi connectivity index (χ2v) is 4.48. The van der Waals surface area contributed by atoms with Crippen molar-refractivity contribution in [2.75, 3.05) is 6.54 Å². The van der Waals surface area contributed by atoms with Crippen LogP contribution in [0.5, 0.6) is 0 Å². The molecule has 1 heterocycles. The molecule has 0 amide bonds. The predicted octanol–water partition coefficient (Wildman–Crippen LogP) is 2.85. The predicted molar refractivity (Wildman–Crippen MR) is 59.1 cm³/mol. The number of hydrogen-bond donors (Lipinski definition) is 1. The molecule has 1 atom stereocenters. The Balaban J connectivity index is 2.29. The lowest BCUT2D eigenvalue weighted by atomic mass is 10.1. The summed E-state index contributed by atoms with van der Waals surface area (Å²) in [6.45, 7) is 1.08. The van der Waals surface area contributed by atoms with Gasteiger partial charge >= 0.3 is 0 Å². The molecule has 0 spiro atoms. The maximum absolute atomic E-state index is 12.8. The molecule has 0 bridgehead atoms. The zero-order chi connectivity index (χ0) is 9.26. The topological polar surface area (TPSA) is 12.0 Å². The molecule has 70 valence electrons. The lowest BCUT2D eigenvalue weighted by Crippen LogP contribution is -2.14. The molecule has 1 aliphatic heterocycles. The minimum absolute atomic E-state index is 0.147. The van der Waals surface area contributed by atoms with E-state index in [1.54, 1.807) is 6.07 Å². The quantitative estimate of drug-likeness (QED) is 0.785. The first-order chi connectivity index (χ1) is 6.27. The summed E-state index contributed by atoms with van der Waals surface area (Å²) in [5.74, 6) is -0.147. The van der Waals surface area contributed by atoms with Crippen LogP contribution in [0.25, 0.3) is 0 Å². The zero-order valence-electron chi connectivity index (χ0n) is 7.19. The van der Waals surface area contributed by atoms with Crippen LogP contribution in [0.1, 0.15) is 24.4 Å². The van der Waals surface area contributed by atoms with Crippen LogP contribution in [0.3, 0.4) is 0 Å². The third-order valence-corrected chi connectivity index (χ3v) is 3.33. The van der Waals surface area contributed by atoms with E-state index in [9.17, 15) is 4.39 Å². The molecule has 3 heteroatoms. The minimum atomic E-state index is -0.147. The van der Waals surface area contributed by atoms with Gasteiger partial charge < -0.3 is 5.32 Å². The van der Waals surface area contributed by atoms with Crippen LogP contribution in [0.15, 0.2) is 18.2 Å². The standard InChI is InChI=1S/C10H11FIN/c11-7-3-4-8(9(12)6-7)10-2-1-5-13-10/h3-4,6,10,13H,1-2,5H2/t10-/m1/s1. The number of nitrogens with one attached hydrogen (secondary N) is 1. The van der Waals surface area contributed by atoms with Crippen molar-refractivity contribution in [3.63, 3.8) is 0 Å². The fourth-order valence-corrected chi connectivity index (χ4v) is 2.59. The molecule has 1 aromatic carbocycles. The largest absolute Gasteiger partial charge is 0.310 e. The van der Waals surface area contributed by atoms with E-state index in [1.165, 1.54) is 24.5 Å². The van der Waals surface area contributed by atoms with E-state index in [2.05, 4.69) is 27.9 Å². The van der Waals surface area contributed by atoms with Gasteiger partial charge in [0.25, 0.3) is 0 Å². The first-order valence-corrected chi connectivity index (χ1v) is 5.53. The van der Waals surface area contributed by atoms with E-state index in [0.717, 1.165) is 10.1 Å². The molecule has 1 aliphatic rings. The van der Waals surface area contributed by atoms with Crippen molar-refractivity contribution < 1.29 is 4.39 Å². The third kappa shape index (κ3) is 2.02. The van der Waals surface area contributed by atoms with Crippen molar-refractivity contribution in [2.45, 2.75) is 18.9 Å². The molecule has 13 heavy (non-hydrogen) atoms. The second kappa shape index (κ2) is 3.92. The summed E-state index contributed by atoms with van der Waals surface area (Å²) in [5.41, 5.74) is 1.24. The Bertz CT molecular complexity index is 308. The minimum Gasteiger partial charge on any atom is -0.310 e. The summed E-state index contributed by atoms with van der Waals surface area (Å²) in [5, 5.41) is 3.41. The maximum atomic E-state index is 12.8. The Morgan fingerprint density at radius 2 is 2.31 bits per heavy atom. The monoisotopic (exact) mass is 291 g/mol. The van der Waals surface area contributed by atoms with E-state index >= 15 is 0 Å². The lowest BCUT2D eigenvalue weighted by molar-refractivity contribution is 0.614. The van der Waals surface area contributed by atoms with Gasteiger partial charge in [-0.15, -0.1) is 0 Å². The van der Waals surface area contributed by atoms with Gasteiger partial charge in [0.15, 0.2) is 0 Å². The van der Waals surface area contributed by atoms with Crippen LogP contribution in [0.4, 0.5) is 4.39 Å². The molecule has 2 rings (SSSR count). The summed E-state index contributed by atoms with van der Waals surface area (Å²) < 4.78 is 13.8. The molecular weight excluding hydrogens is 280 g/mol. The van der Waals surface area contributed by atoms with Crippen LogP contribution in [0, 0.1) is 9.39 Å². The highest BCUT2D eigenvalue weighted by atomic mass is 127. The molecule has 0 aliphatic carbocycles. The molecule has 1 aromatic rings. The Morgan fingerprint density at radius 3 is 2.92 bits per heavy atom. The fraction of sp³-hybridized carbons (Fsp3) is 0.400. The normalized spacial score (nSPS) is 22.2. The first kappa shape index (κ1) is 9.40. The molecule has 0 unspecified atom stereocenters. The highest BCUT2D eigenvalue weighted by molar-refractivity contribution is 14.1. The molecular formula is C10H11FIN. The average molecular weight is 291 g/mol. The van der Waals surface area contributed by atoms with Crippen molar-refractivity contribution in [3.05, 3.63) is 33.1 Å². The molecule has 1 nitrogen and oxygen atoms in total. The van der Waals surface area contributed by atoms with Gasteiger partial charge in [0, 0.05) is 9.61 Å². The van der Waals surface area contributed by atoms with Gasteiger partial charge in [-0.2, -0.15) is 0 Å². The van der Waals surface area contributed by atoms with Crippen molar-refractivity contribution in [1.29, 1.82) is 0 Å². The number of hydrogen-bond acceptors (Lipinski definition) is 1. The smallest absolute Gasteiger partial charge is 0.124 e. The van der Waals surface area contributed by atoms with Gasteiger partial charge in [-0.05, 0) is 59.7 Å². The molecule has 1 fully saturated rings. The van der Waals surface area contributed by atoms with Crippen LogP contribution in [-0.2, 0) is 0 Å². The number of halogens is 2. The van der Waals surface area contributed by atoms with Gasteiger partial charge in [0.05, 0.1) is 0 Å². The van der Waals surface area contributed by atoms with Gasteiger partial charge in [0.2, 0.25) is 0 Å². The van der Waals surface area contributed by atoms with Crippen LogP contribution in [0.2, 0.25) is 0 Å². The van der Waals surface area contributed by atoms with Crippen LogP contribution >= 0.6 is 22.6 Å². The molecule has 0 radical (unpaired) electrons. The highest BCUT2D eigenvalue weighted by Gasteiger charge is 2.18. The lowest BCUT2D eigenvalue weighted by Gasteiger charge is -2.12. The summed E-state index contributed by atoms with van der Waals surface area (Å²) in [6, 6.07) is 5.46. The van der Waals surface area contributed by atoms with E-state index in [-0.39, 0.29) is 5.82 Å². The Hall–Kier alpha value is -0.160. The zero-order valence-corrected chi connectivity index (χ0v) is 9.34. The first-order valence-electron chi connectivity index (χ1n) is 4.46. The number of rotatable bonds is 1. The van der Waals surface area contributed by atoms with Crippen molar-refractivity contribution in [1.82, 2.24) is 5.32 Å². The van der Waals surface area contributed by atoms with Crippen molar-refractivity contribution in [3.8, 4) is 0 Å². The summed E-state index contributed by atoms with van der Waals surface area (Å²) in [7, 11) is 0. The van der Waals surface area contributed by atoms with Crippen molar-refractivity contribution >= 4 is 22.6 Å². The summed E-state index contributed by atoms with van der Waals surface area (Å²) in [4.78, 5) is 0. The van der Waals surface area contributed by atoms with E-state index in [4.69, 9.17) is 0 Å². The van der Waals surface area contributed by atoms with Gasteiger partial charge in [-0.3, -0.25) is 0 Å². The SMILES string of the molecule is Fc1ccc([C@H]2CCCN2)c(I)c1. The molecule has 0 saturated carbocycles. The van der Waals surface area contributed by atoms with Crippen molar-refractivity contribution in [2.24, 2.45) is 0 Å². The molecule has 1 saturated heterocycles. The maximum Gasteiger partial charge on any atom is 0.124 e. The average Bonchev–Trinajstić information content (AvgIpc) is 2.56. The Morgan fingerprint density at radius 1 is 1.46 bits per heavy atom. The Kier molecular flexibility index (Phi) is 2.83. The molecule has 0 aromatic heterocycles. The van der Waals surface area contributed by atoms with Crippen LogP contribution < -0.4 is 5.32 Å². The van der Waals surface area contributed by atoms with Gasteiger partial charge in [-0.25, -0.2) is 4.39 Å². The fourth-order valence-electron chi connectivity index (χ4n) is 1.73. The Labute approximate surface area is 90.9 Å².